The van der Waals surface area contributed by atoms with Gasteiger partial charge in [0.1, 0.15) is 6.04 Å². The molecule has 1 unspecified atom stereocenters. The van der Waals surface area contributed by atoms with Gasteiger partial charge in [0.2, 0.25) is 11.8 Å². The zero-order valence-electron chi connectivity index (χ0n) is 11.8. The SMILES string of the molecule is Cc1ccc(-c2cc(NC(=O)C3CCC(=O)N3C)n[nH]2)s1. The zero-order valence-corrected chi connectivity index (χ0v) is 12.7. The van der Waals surface area contributed by atoms with Crippen molar-refractivity contribution >= 4 is 29.0 Å². The summed E-state index contributed by atoms with van der Waals surface area (Å²) in [5.41, 5.74) is 0.874. The molecule has 7 heteroatoms. The van der Waals surface area contributed by atoms with Gasteiger partial charge in [-0.1, -0.05) is 0 Å². The van der Waals surface area contributed by atoms with Crippen LogP contribution in [0.2, 0.25) is 0 Å². The van der Waals surface area contributed by atoms with Crippen molar-refractivity contribution in [1.82, 2.24) is 15.1 Å². The lowest BCUT2D eigenvalue weighted by Crippen LogP contribution is -2.38. The molecule has 2 amide bonds. The number of likely N-dealkylation sites (N-methyl/N-ethyl adjacent to an activating group) is 1. The first-order chi connectivity index (χ1) is 10.0. The minimum atomic E-state index is -0.401. The van der Waals surface area contributed by atoms with Crippen LogP contribution in [0.15, 0.2) is 18.2 Å². The van der Waals surface area contributed by atoms with E-state index in [0.29, 0.717) is 18.7 Å². The molecular weight excluding hydrogens is 288 g/mol. The third-order valence-electron chi connectivity index (χ3n) is 3.63. The molecule has 6 nitrogen and oxygen atoms in total. The van der Waals surface area contributed by atoms with Gasteiger partial charge in [0, 0.05) is 24.4 Å². The summed E-state index contributed by atoms with van der Waals surface area (Å²) in [6.45, 7) is 2.04. The monoisotopic (exact) mass is 304 g/mol. The van der Waals surface area contributed by atoms with Crippen LogP contribution < -0.4 is 5.32 Å². The molecule has 1 aliphatic rings. The minimum Gasteiger partial charge on any atom is -0.334 e. The van der Waals surface area contributed by atoms with E-state index in [1.165, 1.54) is 9.78 Å². The van der Waals surface area contributed by atoms with E-state index in [-0.39, 0.29) is 11.8 Å². The molecule has 0 saturated carbocycles. The van der Waals surface area contributed by atoms with Crippen LogP contribution in [0.1, 0.15) is 17.7 Å². The number of nitrogens with one attached hydrogen (secondary N) is 2. The van der Waals surface area contributed by atoms with Crippen molar-refractivity contribution in [1.29, 1.82) is 0 Å². The lowest BCUT2D eigenvalue weighted by Gasteiger charge is -2.18. The molecule has 0 aromatic carbocycles. The van der Waals surface area contributed by atoms with E-state index in [0.717, 1.165) is 10.6 Å². The number of amides is 2. The van der Waals surface area contributed by atoms with E-state index in [1.807, 2.05) is 19.1 Å². The molecule has 110 valence electrons. The summed E-state index contributed by atoms with van der Waals surface area (Å²) in [5, 5.41) is 9.78. The summed E-state index contributed by atoms with van der Waals surface area (Å²) in [6.07, 6.45) is 0.984. The van der Waals surface area contributed by atoms with E-state index < -0.39 is 6.04 Å². The predicted octanol–water partition coefficient (Wildman–Crippen LogP) is 2.01. The number of H-pyrrole nitrogens is 1. The number of aromatic amines is 1. The highest BCUT2D eigenvalue weighted by atomic mass is 32.1. The number of carbonyl (C=O) groups is 2. The molecular formula is C14H16N4O2S. The molecule has 2 aromatic rings. The van der Waals surface area contributed by atoms with E-state index in [9.17, 15) is 9.59 Å². The largest absolute Gasteiger partial charge is 0.334 e. The van der Waals surface area contributed by atoms with Crippen molar-refractivity contribution in [3.05, 3.63) is 23.1 Å². The summed E-state index contributed by atoms with van der Waals surface area (Å²) < 4.78 is 0. The smallest absolute Gasteiger partial charge is 0.248 e. The Morgan fingerprint density at radius 1 is 1.52 bits per heavy atom. The average Bonchev–Trinajstić information content (AvgIpc) is 3.13. The van der Waals surface area contributed by atoms with Gasteiger partial charge in [-0.25, -0.2) is 0 Å². The van der Waals surface area contributed by atoms with Crippen LogP contribution in [0.5, 0.6) is 0 Å². The Labute approximate surface area is 126 Å². The van der Waals surface area contributed by atoms with Gasteiger partial charge in [-0.05, 0) is 25.5 Å². The molecule has 0 aliphatic carbocycles. The summed E-state index contributed by atoms with van der Waals surface area (Å²) in [5.74, 6) is 0.296. The fourth-order valence-corrected chi connectivity index (χ4v) is 3.25. The van der Waals surface area contributed by atoms with Crippen molar-refractivity contribution in [2.75, 3.05) is 12.4 Å². The number of thiophene rings is 1. The molecule has 3 rings (SSSR count). The highest BCUT2D eigenvalue weighted by molar-refractivity contribution is 7.15. The Kier molecular flexibility index (Phi) is 3.50. The molecule has 1 saturated heterocycles. The fraction of sp³-hybridized carbons (Fsp3) is 0.357. The third-order valence-corrected chi connectivity index (χ3v) is 4.66. The molecule has 3 heterocycles. The van der Waals surface area contributed by atoms with Gasteiger partial charge in [-0.2, -0.15) is 5.10 Å². The van der Waals surface area contributed by atoms with E-state index in [4.69, 9.17) is 0 Å². The zero-order chi connectivity index (χ0) is 15.0. The molecule has 0 spiro atoms. The van der Waals surface area contributed by atoms with E-state index in [1.54, 1.807) is 24.5 Å². The molecule has 1 aliphatic heterocycles. The molecule has 0 radical (unpaired) electrons. The summed E-state index contributed by atoms with van der Waals surface area (Å²) in [4.78, 5) is 27.4. The van der Waals surface area contributed by atoms with E-state index in [2.05, 4.69) is 15.5 Å². The fourth-order valence-electron chi connectivity index (χ4n) is 2.41. The van der Waals surface area contributed by atoms with Gasteiger partial charge in [-0.15, -0.1) is 11.3 Å². The van der Waals surface area contributed by atoms with Crippen LogP contribution >= 0.6 is 11.3 Å². The first-order valence-corrected chi connectivity index (χ1v) is 7.55. The van der Waals surface area contributed by atoms with E-state index >= 15 is 0 Å². The molecule has 1 fully saturated rings. The van der Waals surface area contributed by atoms with Crippen LogP contribution in [-0.2, 0) is 9.59 Å². The molecule has 0 bridgehead atoms. The lowest BCUT2D eigenvalue weighted by atomic mass is 10.2. The predicted molar refractivity (Wildman–Crippen MR) is 81.1 cm³/mol. The third kappa shape index (κ3) is 2.69. The second-order valence-electron chi connectivity index (χ2n) is 5.13. The van der Waals surface area contributed by atoms with Crippen molar-refractivity contribution in [2.45, 2.75) is 25.8 Å². The second kappa shape index (κ2) is 5.33. The van der Waals surface area contributed by atoms with Crippen LogP contribution in [-0.4, -0.2) is 40.0 Å². The Balaban J connectivity index is 1.70. The number of nitrogens with zero attached hydrogens (tertiary/aromatic N) is 2. The van der Waals surface area contributed by atoms with Crippen molar-refractivity contribution in [3.8, 4) is 10.6 Å². The Morgan fingerprint density at radius 3 is 2.95 bits per heavy atom. The van der Waals surface area contributed by atoms with Gasteiger partial charge in [0.15, 0.2) is 5.82 Å². The first-order valence-electron chi connectivity index (χ1n) is 6.73. The number of likely N-dealkylation sites (tertiary alicyclic amines) is 1. The highest BCUT2D eigenvalue weighted by Gasteiger charge is 2.33. The molecule has 1 atom stereocenters. The number of aryl methyl sites for hydroxylation is 1. The molecule has 2 N–H and O–H groups in total. The van der Waals surface area contributed by atoms with Gasteiger partial charge < -0.3 is 10.2 Å². The number of carbonyl (C=O) groups excluding carboxylic acids is 2. The lowest BCUT2D eigenvalue weighted by molar-refractivity contribution is -0.131. The van der Waals surface area contributed by atoms with Gasteiger partial charge in [0.05, 0.1) is 10.6 Å². The Hall–Kier alpha value is -2.15. The average molecular weight is 304 g/mol. The van der Waals surface area contributed by atoms with Crippen molar-refractivity contribution in [2.24, 2.45) is 0 Å². The minimum absolute atomic E-state index is 0.00641. The number of rotatable bonds is 3. The number of hydrogen-bond donors (Lipinski definition) is 2. The number of hydrogen-bond acceptors (Lipinski definition) is 4. The summed E-state index contributed by atoms with van der Waals surface area (Å²) in [7, 11) is 1.66. The van der Waals surface area contributed by atoms with Gasteiger partial charge in [-0.3, -0.25) is 14.7 Å². The van der Waals surface area contributed by atoms with Crippen LogP contribution in [0, 0.1) is 6.92 Å². The highest BCUT2D eigenvalue weighted by Crippen LogP contribution is 2.27. The molecule has 21 heavy (non-hydrogen) atoms. The van der Waals surface area contributed by atoms with Crippen molar-refractivity contribution < 1.29 is 9.59 Å². The quantitative estimate of drug-likeness (QED) is 0.910. The maximum atomic E-state index is 12.2. The Bertz CT molecular complexity index is 691. The maximum absolute atomic E-state index is 12.2. The molecule has 2 aromatic heterocycles. The van der Waals surface area contributed by atoms with Crippen LogP contribution in [0.25, 0.3) is 10.6 Å². The summed E-state index contributed by atoms with van der Waals surface area (Å²) >= 11 is 1.66. The van der Waals surface area contributed by atoms with Gasteiger partial charge in [0.25, 0.3) is 0 Å². The first kappa shape index (κ1) is 13.8. The van der Waals surface area contributed by atoms with Gasteiger partial charge >= 0.3 is 0 Å². The normalized spacial score (nSPS) is 18.3. The van der Waals surface area contributed by atoms with Crippen molar-refractivity contribution in [3.63, 3.8) is 0 Å². The maximum Gasteiger partial charge on any atom is 0.248 e. The second-order valence-corrected chi connectivity index (χ2v) is 6.41. The van der Waals surface area contributed by atoms with Crippen LogP contribution in [0.3, 0.4) is 0 Å². The topological polar surface area (TPSA) is 78.1 Å². The number of anilines is 1. The number of aromatic nitrogens is 2. The summed E-state index contributed by atoms with van der Waals surface area (Å²) in [6, 6.07) is 5.46. The standard InChI is InChI=1S/C14H16N4O2S/c1-8-3-5-11(21-8)9-7-12(17-16-9)15-14(20)10-4-6-13(19)18(10)2/h3,5,7,10H,4,6H2,1-2H3,(H2,15,16,17,20). The Morgan fingerprint density at radius 2 is 2.33 bits per heavy atom. The van der Waals surface area contributed by atoms with Crippen LogP contribution in [0.4, 0.5) is 5.82 Å².